The average Bonchev–Trinajstić information content (AvgIpc) is 3.39. The van der Waals surface area contributed by atoms with Crippen molar-refractivity contribution in [1.29, 1.82) is 0 Å². The van der Waals surface area contributed by atoms with E-state index in [1.807, 2.05) is 22.6 Å². The van der Waals surface area contributed by atoms with Gasteiger partial charge in [0.15, 0.2) is 0 Å². The van der Waals surface area contributed by atoms with Gasteiger partial charge >= 0.3 is 0 Å². The standard InChI is InChI=1S/C31H31N7O2/c1-4-8-26(39)37-17-7-12-24(37)30-36-27(28-29(32)34-16-18-38(28)30)21-9-5-10-22(14-13-21)31(40)35-25-19-23(20(2)3)11-6-15-33-25/h6,9-10,13-16,18-20,24H,7,11-12,17H2,1-3H3,(H2,32,34)(H,33,35,40)/t24-/m0/s1. The minimum Gasteiger partial charge on any atom is -0.382 e. The molecule has 0 spiro atoms. The van der Waals surface area contributed by atoms with Crippen LogP contribution in [0.3, 0.4) is 0 Å². The zero-order valence-electron chi connectivity index (χ0n) is 22.8. The number of carbonyl (C=O) groups excluding carboxylic acids is 2. The number of nitrogens with zero attached hydrogens (tertiary/aromatic N) is 5. The summed E-state index contributed by atoms with van der Waals surface area (Å²) >= 11 is 0. The highest BCUT2D eigenvalue weighted by molar-refractivity contribution is 6.11. The maximum absolute atomic E-state index is 13.1. The molecule has 0 saturated carbocycles. The fraction of sp³-hybridized carbons (Fsp3) is 0.290. The zero-order valence-corrected chi connectivity index (χ0v) is 22.8. The van der Waals surface area contributed by atoms with Crippen molar-refractivity contribution >= 4 is 34.6 Å². The van der Waals surface area contributed by atoms with Gasteiger partial charge in [0.1, 0.15) is 28.7 Å². The summed E-state index contributed by atoms with van der Waals surface area (Å²) in [6.07, 6.45) is 18.4. The number of aromatic nitrogens is 3. The monoisotopic (exact) mass is 533 g/mol. The molecule has 4 heterocycles. The normalized spacial score (nSPS) is 18.4. The number of hydrogen-bond acceptors (Lipinski definition) is 6. The summed E-state index contributed by atoms with van der Waals surface area (Å²) in [7, 11) is 0. The largest absolute Gasteiger partial charge is 0.382 e. The highest BCUT2D eigenvalue weighted by atomic mass is 16.2. The average molecular weight is 534 g/mol. The van der Waals surface area contributed by atoms with Crippen LogP contribution in [0.5, 0.6) is 0 Å². The number of aliphatic imine (C=N–C) groups is 1. The number of nitrogen functional groups attached to an aromatic ring is 1. The summed E-state index contributed by atoms with van der Waals surface area (Å²) in [4.78, 5) is 41.2. The Morgan fingerprint density at radius 2 is 2.10 bits per heavy atom. The second-order valence-corrected chi connectivity index (χ2v) is 10.0. The first-order chi connectivity index (χ1) is 19.4. The number of nitrogens with two attached hydrogens (primary N) is 1. The number of hydrogen-bond donors (Lipinski definition) is 2. The van der Waals surface area contributed by atoms with Crippen molar-refractivity contribution in [3.63, 3.8) is 0 Å². The number of likely N-dealkylation sites (tertiary alicyclic amines) is 1. The lowest BCUT2D eigenvalue weighted by molar-refractivity contribution is -0.126. The van der Waals surface area contributed by atoms with Crippen molar-refractivity contribution in [2.24, 2.45) is 10.9 Å². The summed E-state index contributed by atoms with van der Waals surface area (Å²) in [5.74, 6) is 6.70. The number of amidine groups is 1. The van der Waals surface area contributed by atoms with Crippen LogP contribution in [0.2, 0.25) is 0 Å². The number of imidazole rings is 1. The fourth-order valence-electron chi connectivity index (χ4n) is 5.02. The molecule has 0 aromatic carbocycles. The van der Waals surface area contributed by atoms with Crippen molar-refractivity contribution in [2.45, 2.75) is 46.1 Å². The number of fused-ring (bicyclic) bond motifs is 1. The van der Waals surface area contributed by atoms with Gasteiger partial charge in [-0.25, -0.2) is 15.0 Å². The second kappa shape index (κ2) is 11.4. The third-order valence-electron chi connectivity index (χ3n) is 7.09. The highest BCUT2D eigenvalue weighted by Gasteiger charge is 2.33. The van der Waals surface area contributed by atoms with Gasteiger partial charge in [-0.1, -0.05) is 37.5 Å². The van der Waals surface area contributed by atoms with Crippen LogP contribution < -0.4 is 11.1 Å². The predicted molar refractivity (Wildman–Crippen MR) is 156 cm³/mol. The van der Waals surface area contributed by atoms with Gasteiger partial charge in [-0.2, -0.15) is 0 Å². The number of nitrogens with one attached hydrogen (secondary N) is 1. The Labute approximate surface area is 233 Å². The third kappa shape index (κ3) is 5.31. The van der Waals surface area contributed by atoms with Crippen molar-refractivity contribution in [3.05, 3.63) is 83.4 Å². The van der Waals surface area contributed by atoms with Crippen molar-refractivity contribution < 1.29 is 9.59 Å². The van der Waals surface area contributed by atoms with E-state index in [4.69, 9.17) is 10.7 Å². The molecule has 0 unspecified atom stereocenters. The van der Waals surface area contributed by atoms with Gasteiger partial charge in [-0.3, -0.25) is 14.0 Å². The van der Waals surface area contributed by atoms with Crippen LogP contribution in [0.1, 0.15) is 57.6 Å². The lowest BCUT2D eigenvalue weighted by Gasteiger charge is -2.21. The van der Waals surface area contributed by atoms with Crippen molar-refractivity contribution in [2.75, 3.05) is 12.3 Å². The first-order valence-electron chi connectivity index (χ1n) is 13.3. The molecule has 9 nitrogen and oxygen atoms in total. The summed E-state index contributed by atoms with van der Waals surface area (Å²) in [6, 6.07) is -0.239. The topological polar surface area (TPSA) is 118 Å². The first kappa shape index (κ1) is 26.7. The maximum atomic E-state index is 13.1. The highest BCUT2D eigenvalue weighted by Crippen LogP contribution is 2.35. The fourth-order valence-corrected chi connectivity index (χ4v) is 5.02. The lowest BCUT2D eigenvalue weighted by Crippen LogP contribution is -2.30. The number of anilines is 1. The van der Waals surface area contributed by atoms with Crippen LogP contribution in [0.15, 0.2) is 76.9 Å². The Hall–Kier alpha value is -4.93. The van der Waals surface area contributed by atoms with Crippen molar-refractivity contribution in [3.8, 4) is 11.8 Å². The molecule has 5 rings (SSSR count). The van der Waals surface area contributed by atoms with E-state index in [0.717, 1.165) is 19.3 Å². The number of amides is 2. The molecule has 1 fully saturated rings. The molecule has 3 N–H and O–H groups in total. The Morgan fingerprint density at radius 3 is 2.90 bits per heavy atom. The summed E-state index contributed by atoms with van der Waals surface area (Å²) in [6.45, 7) is 6.50. The minimum absolute atomic E-state index is 0.218. The molecule has 2 amide bonds. The Bertz CT molecular complexity index is 1660. The molecule has 2 aliphatic heterocycles. The van der Waals surface area contributed by atoms with Crippen LogP contribution in [0.25, 0.3) is 11.1 Å². The SMILES string of the molecule is CC#CC(=O)N1CCC[C@H]1c1nc(C2=CC=C(C(=O)NC3=NC=CCC(C(C)C)=C3)C=C=C2)c2c(N)nccn12. The zero-order chi connectivity index (χ0) is 28.2. The van der Waals surface area contributed by atoms with E-state index in [1.54, 1.807) is 48.6 Å². The van der Waals surface area contributed by atoms with Crippen LogP contribution >= 0.6 is 0 Å². The second-order valence-electron chi connectivity index (χ2n) is 10.0. The van der Waals surface area contributed by atoms with E-state index in [0.29, 0.717) is 52.3 Å². The van der Waals surface area contributed by atoms with Gasteiger partial charge < -0.3 is 16.0 Å². The molecule has 0 radical (unpaired) electrons. The predicted octanol–water partition coefficient (Wildman–Crippen LogP) is 4.05. The van der Waals surface area contributed by atoms with Crippen LogP contribution in [-0.2, 0) is 9.59 Å². The molecule has 1 saturated heterocycles. The van der Waals surface area contributed by atoms with E-state index in [2.05, 4.69) is 46.7 Å². The molecular formula is C31H31N7O2. The molecule has 2 aromatic heterocycles. The van der Waals surface area contributed by atoms with Gasteiger partial charge in [-0.15, -0.1) is 5.73 Å². The van der Waals surface area contributed by atoms with Gasteiger partial charge in [0.2, 0.25) is 0 Å². The third-order valence-corrected chi connectivity index (χ3v) is 7.09. The molecule has 1 atom stereocenters. The van der Waals surface area contributed by atoms with Crippen LogP contribution in [0.4, 0.5) is 5.82 Å². The first-order valence-corrected chi connectivity index (χ1v) is 13.3. The number of allylic oxidation sites excluding steroid dienone is 5. The van der Waals surface area contributed by atoms with Gasteiger partial charge in [-0.05, 0) is 62.3 Å². The van der Waals surface area contributed by atoms with Gasteiger partial charge in [0.25, 0.3) is 11.8 Å². The molecule has 2 aromatic rings. The van der Waals surface area contributed by atoms with Crippen LogP contribution in [-0.4, -0.2) is 43.5 Å². The number of rotatable bonds is 4. The smallest absolute Gasteiger partial charge is 0.299 e. The molecule has 40 heavy (non-hydrogen) atoms. The summed E-state index contributed by atoms with van der Waals surface area (Å²) < 4.78 is 1.89. The Morgan fingerprint density at radius 1 is 1.25 bits per heavy atom. The number of carbonyl (C=O) groups is 2. The Balaban J connectivity index is 1.48. The van der Waals surface area contributed by atoms with E-state index in [-0.39, 0.29) is 17.9 Å². The summed E-state index contributed by atoms with van der Waals surface area (Å²) in [5.41, 5.74) is 13.0. The minimum atomic E-state index is -0.291. The Kier molecular flexibility index (Phi) is 7.63. The summed E-state index contributed by atoms with van der Waals surface area (Å²) in [5, 5.41) is 2.90. The van der Waals surface area contributed by atoms with E-state index < -0.39 is 0 Å². The molecule has 202 valence electrons. The lowest BCUT2D eigenvalue weighted by atomic mass is 10.00. The maximum Gasteiger partial charge on any atom is 0.299 e. The van der Waals surface area contributed by atoms with Gasteiger partial charge in [0, 0.05) is 36.3 Å². The van der Waals surface area contributed by atoms with Crippen LogP contribution in [0, 0.1) is 17.8 Å². The molecule has 3 aliphatic rings. The van der Waals surface area contributed by atoms with Crippen molar-refractivity contribution in [1.82, 2.24) is 24.6 Å². The van der Waals surface area contributed by atoms with E-state index in [1.165, 1.54) is 5.57 Å². The molecule has 0 bridgehead atoms. The van der Waals surface area contributed by atoms with E-state index in [9.17, 15) is 9.59 Å². The molecular weight excluding hydrogens is 502 g/mol. The van der Waals surface area contributed by atoms with E-state index >= 15 is 0 Å². The quantitative estimate of drug-likeness (QED) is 0.454. The molecule has 9 heteroatoms. The van der Waals surface area contributed by atoms with Gasteiger partial charge in [0.05, 0.1) is 6.04 Å². The molecule has 1 aliphatic carbocycles.